The molecule has 2 rings (SSSR count). The average molecular weight is 311 g/mol. The summed E-state index contributed by atoms with van der Waals surface area (Å²) in [5, 5.41) is 13.2. The van der Waals surface area contributed by atoms with Crippen LogP contribution in [0.15, 0.2) is 24.3 Å². The second-order valence-corrected chi connectivity index (χ2v) is 6.24. The third kappa shape index (κ3) is 4.43. The van der Waals surface area contributed by atoms with Crippen LogP contribution in [0, 0.1) is 5.92 Å². The fourth-order valence-corrected chi connectivity index (χ4v) is 3.09. The van der Waals surface area contributed by atoms with Crippen LogP contribution in [0.5, 0.6) is 0 Å². The van der Waals surface area contributed by atoms with Gasteiger partial charge in [0.2, 0.25) is 5.91 Å². The number of hydrogen-bond donors (Lipinski definition) is 2. The molecular weight excluding hydrogens is 288 g/mol. The van der Waals surface area contributed by atoms with Gasteiger partial charge in [-0.2, -0.15) is 0 Å². The van der Waals surface area contributed by atoms with Crippen LogP contribution in [0.25, 0.3) is 0 Å². The van der Waals surface area contributed by atoms with Crippen molar-refractivity contribution in [1.82, 2.24) is 10.2 Å². The predicted molar refractivity (Wildman–Crippen MR) is 84.2 cm³/mol. The lowest BCUT2D eigenvalue weighted by molar-refractivity contribution is -0.122. The molecule has 1 fully saturated rings. The van der Waals surface area contributed by atoms with Gasteiger partial charge in [-0.1, -0.05) is 29.8 Å². The highest BCUT2D eigenvalue weighted by atomic mass is 35.5. The van der Waals surface area contributed by atoms with E-state index in [1.807, 2.05) is 38.1 Å². The van der Waals surface area contributed by atoms with Gasteiger partial charge in [0.1, 0.15) is 0 Å². The van der Waals surface area contributed by atoms with Gasteiger partial charge in [0, 0.05) is 11.6 Å². The minimum atomic E-state index is -0.305. The van der Waals surface area contributed by atoms with Crippen molar-refractivity contribution in [2.75, 3.05) is 19.6 Å². The lowest BCUT2D eigenvalue weighted by Gasteiger charge is -2.20. The van der Waals surface area contributed by atoms with Crippen molar-refractivity contribution >= 4 is 17.5 Å². The summed E-state index contributed by atoms with van der Waals surface area (Å²) in [4.78, 5) is 14.2. The molecule has 116 valence electrons. The summed E-state index contributed by atoms with van der Waals surface area (Å²) in [6.07, 6.45) is 0.644. The molecule has 3 atom stereocenters. The Morgan fingerprint density at radius 2 is 2.19 bits per heavy atom. The van der Waals surface area contributed by atoms with E-state index in [-0.39, 0.29) is 24.0 Å². The summed E-state index contributed by atoms with van der Waals surface area (Å²) >= 11 is 6.14. The van der Waals surface area contributed by atoms with E-state index < -0.39 is 0 Å². The molecule has 1 aliphatic heterocycles. The maximum absolute atomic E-state index is 12.1. The van der Waals surface area contributed by atoms with Gasteiger partial charge in [0.05, 0.1) is 18.7 Å². The molecule has 0 aliphatic carbocycles. The molecule has 0 bridgehead atoms. The fourth-order valence-electron chi connectivity index (χ4n) is 2.79. The number of halogens is 1. The smallest absolute Gasteiger partial charge is 0.234 e. The molecule has 3 unspecified atom stereocenters. The van der Waals surface area contributed by atoms with Crippen molar-refractivity contribution < 1.29 is 9.90 Å². The lowest BCUT2D eigenvalue weighted by atomic mass is 10.0. The largest absolute Gasteiger partial charge is 0.393 e. The van der Waals surface area contributed by atoms with Gasteiger partial charge in [0.15, 0.2) is 0 Å². The normalized spacial score (nSPS) is 22.0. The number of hydrogen-bond acceptors (Lipinski definition) is 3. The van der Waals surface area contributed by atoms with Crippen LogP contribution in [0.1, 0.15) is 31.9 Å². The Balaban J connectivity index is 1.84. The van der Waals surface area contributed by atoms with Crippen molar-refractivity contribution in [3.05, 3.63) is 34.9 Å². The summed E-state index contributed by atoms with van der Waals surface area (Å²) in [5.74, 6) is 0.271. The molecule has 1 saturated heterocycles. The third-order valence-corrected chi connectivity index (χ3v) is 4.45. The molecule has 0 saturated carbocycles. The molecule has 0 spiro atoms. The first-order chi connectivity index (χ1) is 9.97. The van der Waals surface area contributed by atoms with Gasteiger partial charge in [-0.15, -0.1) is 0 Å². The Hall–Kier alpha value is -1.10. The number of amides is 1. The molecule has 2 N–H and O–H groups in total. The van der Waals surface area contributed by atoms with Crippen LogP contribution < -0.4 is 5.32 Å². The molecular formula is C16H23ClN2O2. The van der Waals surface area contributed by atoms with Crippen LogP contribution in [0.4, 0.5) is 0 Å². The van der Waals surface area contributed by atoms with Crippen LogP contribution in [0.2, 0.25) is 5.02 Å². The first kappa shape index (κ1) is 16.3. The molecule has 1 aromatic rings. The molecule has 1 aromatic carbocycles. The SMILES string of the molecule is CC(NC(=O)CN1CCC(C(C)O)C1)c1ccccc1Cl. The maximum atomic E-state index is 12.1. The number of aliphatic hydroxyl groups excluding tert-OH is 1. The van der Waals surface area contributed by atoms with Crippen molar-refractivity contribution in [2.45, 2.75) is 32.4 Å². The number of likely N-dealkylation sites (tertiary alicyclic amines) is 1. The summed E-state index contributed by atoms with van der Waals surface area (Å²) in [7, 11) is 0. The Morgan fingerprint density at radius 3 is 2.81 bits per heavy atom. The van der Waals surface area contributed by atoms with E-state index in [0.717, 1.165) is 25.1 Å². The zero-order chi connectivity index (χ0) is 15.4. The molecule has 0 aromatic heterocycles. The minimum Gasteiger partial charge on any atom is -0.393 e. The van der Waals surface area contributed by atoms with E-state index in [2.05, 4.69) is 10.2 Å². The van der Waals surface area contributed by atoms with Crippen LogP contribution in [-0.4, -0.2) is 41.7 Å². The van der Waals surface area contributed by atoms with E-state index in [0.29, 0.717) is 11.6 Å². The van der Waals surface area contributed by atoms with Gasteiger partial charge < -0.3 is 10.4 Å². The number of nitrogens with zero attached hydrogens (tertiary/aromatic N) is 1. The number of carbonyl (C=O) groups excluding carboxylic acids is 1. The summed E-state index contributed by atoms with van der Waals surface area (Å²) in [6.45, 7) is 5.77. The number of benzene rings is 1. The molecule has 1 heterocycles. The molecule has 1 aliphatic rings. The number of rotatable bonds is 5. The molecule has 0 radical (unpaired) electrons. The van der Waals surface area contributed by atoms with E-state index in [4.69, 9.17) is 11.6 Å². The van der Waals surface area contributed by atoms with Crippen LogP contribution in [-0.2, 0) is 4.79 Å². The summed E-state index contributed by atoms with van der Waals surface area (Å²) in [6, 6.07) is 7.43. The van der Waals surface area contributed by atoms with E-state index in [9.17, 15) is 9.90 Å². The van der Waals surface area contributed by atoms with Gasteiger partial charge in [-0.25, -0.2) is 0 Å². The Morgan fingerprint density at radius 1 is 1.48 bits per heavy atom. The highest BCUT2D eigenvalue weighted by Crippen LogP contribution is 2.22. The van der Waals surface area contributed by atoms with Crippen molar-refractivity contribution in [3.63, 3.8) is 0 Å². The first-order valence-corrected chi connectivity index (χ1v) is 7.79. The number of aliphatic hydroxyl groups is 1. The Bertz CT molecular complexity index is 493. The van der Waals surface area contributed by atoms with Gasteiger partial charge >= 0.3 is 0 Å². The summed E-state index contributed by atoms with van der Waals surface area (Å²) < 4.78 is 0. The average Bonchev–Trinajstić information content (AvgIpc) is 2.87. The van der Waals surface area contributed by atoms with Crippen LogP contribution >= 0.6 is 11.6 Å². The minimum absolute atomic E-state index is 0.00587. The topological polar surface area (TPSA) is 52.6 Å². The lowest BCUT2D eigenvalue weighted by Crippen LogP contribution is -2.37. The highest BCUT2D eigenvalue weighted by Gasteiger charge is 2.27. The van der Waals surface area contributed by atoms with E-state index in [1.54, 1.807) is 0 Å². The van der Waals surface area contributed by atoms with Crippen molar-refractivity contribution in [3.8, 4) is 0 Å². The highest BCUT2D eigenvalue weighted by molar-refractivity contribution is 6.31. The van der Waals surface area contributed by atoms with Crippen molar-refractivity contribution in [1.29, 1.82) is 0 Å². The first-order valence-electron chi connectivity index (χ1n) is 7.41. The van der Waals surface area contributed by atoms with Crippen molar-refractivity contribution in [2.24, 2.45) is 5.92 Å². The predicted octanol–water partition coefficient (Wildman–Crippen LogP) is 2.22. The quantitative estimate of drug-likeness (QED) is 0.877. The second kappa shape index (κ2) is 7.25. The molecule has 1 amide bonds. The fraction of sp³-hybridized carbons (Fsp3) is 0.562. The number of carbonyl (C=O) groups is 1. The summed E-state index contributed by atoms with van der Waals surface area (Å²) in [5.41, 5.74) is 0.927. The molecule has 4 nitrogen and oxygen atoms in total. The number of nitrogens with one attached hydrogen (secondary N) is 1. The van der Waals surface area contributed by atoms with Crippen LogP contribution in [0.3, 0.4) is 0 Å². The Kier molecular flexibility index (Phi) is 5.62. The van der Waals surface area contributed by atoms with Gasteiger partial charge in [-0.05, 0) is 44.4 Å². The molecule has 21 heavy (non-hydrogen) atoms. The van der Waals surface area contributed by atoms with Gasteiger partial charge in [0.25, 0.3) is 0 Å². The third-order valence-electron chi connectivity index (χ3n) is 4.11. The van der Waals surface area contributed by atoms with Gasteiger partial charge in [-0.3, -0.25) is 9.69 Å². The van der Waals surface area contributed by atoms with E-state index >= 15 is 0 Å². The standard InChI is InChI=1S/C16H23ClN2O2/c1-11(14-5-3-4-6-15(14)17)18-16(21)10-19-8-7-13(9-19)12(2)20/h3-6,11-13,20H,7-10H2,1-2H3,(H,18,21). The maximum Gasteiger partial charge on any atom is 0.234 e. The zero-order valence-electron chi connectivity index (χ0n) is 12.6. The Labute approximate surface area is 131 Å². The second-order valence-electron chi connectivity index (χ2n) is 5.84. The molecule has 5 heteroatoms. The van der Waals surface area contributed by atoms with E-state index in [1.165, 1.54) is 0 Å². The monoisotopic (exact) mass is 310 g/mol. The zero-order valence-corrected chi connectivity index (χ0v) is 13.3.